The van der Waals surface area contributed by atoms with E-state index in [1.54, 1.807) is 12.1 Å². The third-order valence-corrected chi connectivity index (χ3v) is 1.82. The van der Waals surface area contributed by atoms with Crippen LogP contribution in [0.15, 0.2) is 18.2 Å². The minimum atomic E-state index is -0.0731. The van der Waals surface area contributed by atoms with Gasteiger partial charge in [0.15, 0.2) is 0 Å². The lowest BCUT2D eigenvalue weighted by atomic mass is 10.1. The van der Waals surface area contributed by atoms with E-state index in [-0.39, 0.29) is 5.91 Å². The number of rotatable bonds is 0. The second-order valence-corrected chi connectivity index (χ2v) is 2.66. The van der Waals surface area contributed by atoms with Crippen molar-refractivity contribution < 1.29 is 4.79 Å². The number of fused-ring (bicyclic) bond motifs is 1. The summed E-state index contributed by atoms with van der Waals surface area (Å²) in [6.07, 6.45) is 0. The first-order valence-electron chi connectivity index (χ1n) is 3.69. The maximum absolute atomic E-state index is 11.2. The molecule has 4 nitrogen and oxygen atoms in total. The van der Waals surface area contributed by atoms with Crippen molar-refractivity contribution in [3.05, 3.63) is 23.8 Å². The Bertz CT molecular complexity index is 335. The topological polar surface area (TPSA) is 67.2 Å². The molecule has 0 aliphatic carbocycles. The molecular weight excluding hydrogens is 154 g/mol. The molecular formula is C8H9N3O. The lowest BCUT2D eigenvalue weighted by Gasteiger charge is -2.18. The summed E-state index contributed by atoms with van der Waals surface area (Å²) in [5, 5.41) is 5.69. The van der Waals surface area contributed by atoms with Crippen LogP contribution >= 0.6 is 0 Å². The molecule has 4 N–H and O–H groups in total. The molecule has 0 saturated carbocycles. The highest BCUT2D eigenvalue weighted by molar-refractivity contribution is 6.02. The zero-order chi connectivity index (χ0) is 8.55. The second kappa shape index (κ2) is 2.41. The summed E-state index contributed by atoms with van der Waals surface area (Å²) in [7, 11) is 0. The fourth-order valence-electron chi connectivity index (χ4n) is 1.22. The fourth-order valence-corrected chi connectivity index (χ4v) is 1.22. The minimum absolute atomic E-state index is 0.0731. The molecule has 62 valence electrons. The van der Waals surface area contributed by atoms with Gasteiger partial charge in [0.05, 0.1) is 12.2 Å². The van der Waals surface area contributed by atoms with Crippen molar-refractivity contribution in [3.63, 3.8) is 0 Å². The van der Waals surface area contributed by atoms with Crippen molar-refractivity contribution in [2.75, 3.05) is 17.7 Å². The van der Waals surface area contributed by atoms with Gasteiger partial charge in [-0.15, -0.1) is 0 Å². The Morgan fingerprint density at radius 2 is 2.17 bits per heavy atom. The Labute approximate surface area is 69.8 Å². The van der Waals surface area contributed by atoms with Gasteiger partial charge in [0.2, 0.25) is 0 Å². The molecule has 1 amide bonds. The highest BCUT2D eigenvalue weighted by Gasteiger charge is 2.15. The summed E-state index contributed by atoms with van der Waals surface area (Å²) in [6, 6.07) is 5.24. The molecule has 1 aliphatic heterocycles. The summed E-state index contributed by atoms with van der Waals surface area (Å²) in [6.45, 7) is 0.482. The smallest absolute Gasteiger partial charge is 0.254 e. The van der Waals surface area contributed by atoms with Crippen molar-refractivity contribution >= 4 is 17.3 Å². The van der Waals surface area contributed by atoms with Crippen molar-refractivity contribution in [1.82, 2.24) is 5.32 Å². The van der Waals surface area contributed by atoms with E-state index in [4.69, 9.17) is 5.73 Å². The molecule has 12 heavy (non-hydrogen) atoms. The van der Waals surface area contributed by atoms with Gasteiger partial charge >= 0.3 is 0 Å². The predicted molar refractivity (Wildman–Crippen MR) is 46.8 cm³/mol. The lowest BCUT2D eigenvalue weighted by Crippen LogP contribution is -2.34. The van der Waals surface area contributed by atoms with Crippen molar-refractivity contribution in [2.45, 2.75) is 0 Å². The number of hydrogen-bond acceptors (Lipinski definition) is 3. The monoisotopic (exact) mass is 163 g/mol. The molecule has 4 heteroatoms. The molecule has 0 unspecified atom stereocenters. The number of hydrogen-bond donors (Lipinski definition) is 3. The maximum atomic E-state index is 11.2. The van der Waals surface area contributed by atoms with Gasteiger partial charge in [-0.05, 0) is 18.2 Å². The number of carbonyl (C=O) groups excluding carboxylic acids is 1. The van der Waals surface area contributed by atoms with Crippen LogP contribution in [0.4, 0.5) is 11.4 Å². The summed E-state index contributed by atoms with van der Waals surface area (Å²) in [5.41, 5.74) is 7.59. The van der Waals surface area contributed by atoms with Crippen LogP contribution in [0.3, 0.4) is 0 Å². The number of anilines is 2. The highest BCUT2D eigenvalue weighted by Crippen LogP contribution is 2.20. The van der Waals surface area contributed by atoms with Gasteiger partial charge in [-0.25, -0.2) is 0 Å². The van der Waals surface area contributed by atoms with E-state index < -0.39 is 0 Å². The molecule has 0 fully saturated rings. The second-order valence-electron chi connectivity index (χ2n) is 2.66. The van der Waals surface area contributed by atoms with Crippen LogP contribution in [0.5, 0.6) is 0 Å². The predicted octanol–water partition coefficient (Wildman–Crippen LogP) is 0.382. The van der Waals surface area contributed by atoms with E-state index in [0.29, 0.717) is 17.9 Å². The molecule has 1 aliphatic rings. The van der Waals surface area contributed by atoms with Crippen LogP contribution in [0.25, 0.3) is 0 Å². The molecule has 1 aromatic carbocycles. The number of carbonyl (C=O) groups is 1. The van der Waals surface area contributed by atoms with Crippen LogP contribution < -0.4 is 16.4 Å². The molecule has 2 rings (SSSR count). The Morgan fingerprint density at radius 3 is 3.00 bits per heavy atom. The van der Waals surface area contributed by atoms with E-state index in [1.165, 1.54) is 0 Å². The van der Waals surface area contributed by atoms with Crippen molar-refractivity contribution in [3.8, 4) is 0 Å². The first-order chi connectivity index (χ1) is 5.77. The van der Waals surface area contributed by atoms with Crippen LogP contribution in [-0.2, 0) is 0 Å². The van der Waals surface area contributed by atoms with E-state index in [9.17, 15) is 4.79 Å². The third-order valence-electron chi connectivity index (χ3n) is 1.82. The standard InChI is InChI=1S/C8H9N3O/c9-5-1-2-7-6(3-5)8(12)11-4-10-7/h1-3,10H,4,9H2,(H,11,12). The summed E-state index contributed by atoms with van der Waals surface area (Å²) in [5.74, 6) is -0.0731. The van der Waals surface area contributed by atoms with E-state index in [1.807, 2.05) is 6.07 Å². The van der Waals surface area contributed by atoms with Gasteiger partial charge in [0.25, 0.3) is 5.91 Å². The van der Waals surface area contributed by atoms with Gasteiger partial charge in [-0.3, -0.25) is 4.79 Å². The zero-order valence-electron chi connectivity index (χ0n) is 6.42. The molecule has 0 spiro atoms. The summed E-state index contributed by atoms with van der Waals surface area (Å²) < 4.78 is 0. The number of benzene rings is 1. The summed E-state index contributed by atoms with van der Waals surface area (Å²) >= 11 is 0. The number of nitrogens with two attached hydrogens (primary N) is 1. The molecule has 0 aromatic heterocycles. The largest absolute Gasteiger partial charge is 0.399 e. The number of nitrogens with one attached hydrogen (secondary N) is 2. The Balaban J connectivity index is 2.54. The van der Waals surface area contributed by atoms with Gasteiger partial charge in [0.1, 0.15) is 0 Å². The first-order valence-corrected chi connectivity index (χ1v) is 3.69. The average molecular weight is 163 g/mol. The van der Waals surface area contributed by atoms with Crippen LogP contribution in [0.1, 0.15) is 10.4 Å². The maximum Gasteiger partial charge on any atom is 0.254 e. The van der Waals surface area contributed by atoms with Gasteiger partial charge in [0, 0.05) is 11.4 Å². The van der Waals surface area contributed by atoms with Crippen LogP contribution in [0.2, 0.25) is 0 Å². The normalized spacial score (nSPS) is 14.5. The van der Waals surface area contributed by atoms with E-state index in [2.05, 4.69) is 10.6 Å². The van der Waals surface area contributed by atoms with Crippen LogP contribution in [-0.4, -0.2) is 12.6 Å². The highest BCUT2D eigenvalue weighted by atomic mass is 16.1. The van der Waals surface area contributed by atoms with E-state index >= 15 is 0 Å². The Morgan fingerprint density at radius 1 is 1.33 bits per heavy atom. The molecule has 1 heterocycles. The molecule has 1 aromatic rings. The van der Waals surface area contributed by atoms with Gasteiger partial charge in [-0.2, -0.15) is 0 Å². The molecule has 0 radical (unpaired) electrons. The summed E-state index contributed by atoms with van der Waals surface area (Å²) in [4.78, 5) is 11.2. The Kier molecular flexibility index (Phi) is 1.40. The van der Waals surface area contributed by atoms with Crippen molar-refractivity contribution in [1.29, 1.82) is 0 Å². The molecule has 0 atom stereocenters. The molecule has 0 bridgehead atoms. The van der Waals surface area contributed by atoms with Crippen LogP contribution in [0, 0.1) is 0 Å². The van der Waals surface area contributed by atoms with E-state index in [0.717, 1.165) is 5.69 Å². The Hall–Kier alpha value is -1.71. The lowest BCUT2D eigenvalue weighted by molar-refractivity contribution is 0.0953. The molecule has 0 saturated heterocycles. The fraction of sp³-hybridized carbons (Fsp3) is 0.125. The van der Waals surface area contributed by atoms with Gasteiger partial charge in [-0.1, -0.05) is 0 Å². The SMILES string of the molecule is Nc1ccc2c(c1)C(=O)NCN2. The third kappa shape index (κ3) is 0.972. The average Bonchev–Trinajstić information content (AvgIpc) is 2.07. The number of nitrogen functional groups attached to an aromatic ring is 1. The minimum Gasteiger partial charge on any atom is -0.399 e. The first kappa shape index (κ1) is 6.97. The van der Waals surface area contributed by atoms with Gasteiger partial charge < -0.3 is 16.4 Å². The number of amides is 1. The zero-order valence-corrected chi connectivity index (χ0v) is 6.42. The quantitative estimate of drug-likeness (QED) is 0.484. The van der Waals surface area contributed by atoms with Crippen molar-refractivity contribution in [2.24, 2.45) is 0 Å².